The first kappa shape index (κ1) is 26.1. The van der Waals surface area contributed by atoms with Crippen LogP contribution in [-0.4, -0.2) is 40.8 Å². The summed E-state index contributed by atoms with van der Waals surface area (Å²) in [5.41, 5.74) is 4.83. The maximum Gasteiger partial charge on any atom is 0.328 e. The van der Waals surface area contributed by atoms with Gasteiger partial charge in [-0.2, -0.15) is 0 Å². The number of hydrogen-bond acceptors (Lipinski definition) is 5. The maximum absolute atomic E-state index is 13.2. The van der Waals surface area contributed by atoms with Crippen molar-refractivity contribution in [3.63, 3.8) is 0 Å². The average Bonchev–Trinajstić information content (AvgIpc) is 3.19. The minimum atomic E-state index is -0.637. The summed E-state index contributed by atoms with van der Waals surface area (Å²) >= 11 is 0. The lowest BCUT2D eigenvalue weighted by molar-refractivity contribution is -0.147. The van der Waals surface area contributed by atoms with Gasteiger partial charge in [0.25, 0.3) is 11.8 Å². The highest BCUT2D eigenvalue weighted by atomic mass is 16.5. The quantitative estimate of drug-likeness (QED) is 0.456. The van der Waals surface area contributed by atoms with Crippen molar-refractivity contribution < 1.29 is 19.1 Å². The molecule has 4 rings (SSSR count). The van der Waals surface area contributed by atoms with Gasteiger partial charge in [-0.1, -0.05) is 58.9 Å². The summed E-state index contributed by atoms with van der Waals surface area (Å²) in [6.07, 6.45) is 1.67. The number of anilines is 1. The predicted molar refractivity (Wildman–Crippen MR) is 143 cm³/mol. The van der Waals surface area contributed by atoms with Crippen LogP contribution in [0.15, 0.2) is 60.8 Å². The van der Waals surface area contributed by atoms with Crippen LogP contribution < -0.4 is 5.32 Å². The summed E-state index contributed by atoms with van der Waals surface area (Å²) in [5, 5.41) is 2.83. The monoisotopic (exact) mass is 499 g/mol. The average molecular weight is 500 g/mol. The second-order valence-electron chi connectivity index (χ2n) is 10.7. The Morgan fingerprint density at radius 2 is 1.68 bits per heavy atom. The van der Waals surface area contributed by atoms with Crippen LogP contribution in [0.25, 0.3) is 11.1 Å². The van der Waals surface area contributed by atoms with Crippen LogP contribution in [-0.2, 0) is 21.5 Å². The lowest BCUT2D eigenvalue weighted by Crippen LogP contribution is -2.45. The van der Waals surface area contributed by atoms with Gasteiger partial charge in [-0.3, -0.25) is 9.59 Å². The van der Waals surface area contributed by atoms with Crippen LogP contribution in [0.4, 0.5) is 5.82 Å². The standard InChI is InChI=1S/C30H33N3O4/c1-18(2)26(29(36)37-6)33-17-22-8-7-20(15-24(22)28(33)35)21-11-14-25(31-16-21)32-27(34)19-9-12-23(13-10-19)30(3,4)5/h7-16,18,26H,17H2,1-6H3,(H,31,32,34)/t26-/m0/s1. The highest BCUT2D eigenvalue weighted by Crippen LogP contribution is 2.31. The topological polar surface area (TPSA) is 88.6 Å². The fourth-order valence-corrected chi connectivity index (χ4v) is 4.56. The summed E-state index contributed by atoms with van der Waals surface area (Å²) in [6.45, 7) is 10.6. The third-order valence-electron chi connectivity index (χ3n) is 6.70. The number of ether oxygens (including phenoxy) is 1. The zero-order valence-corrected chi connectivity index (χ0v) is 22.2. The fraction of sp³-hybridized carbons (Fsp3) is 0.333. The number of nitrogens with zero attached hydrogens (tertiary/aromatic N) is 2. The molecule has 2 heterocycles. The van der Waals surface area contributed by atoms with Gasteiger partial charge >= 0.3 is 5.97 Å². The summed E-state index contributed by atoms with van der Waals surface area (Å²) < 4.78 is 4.94. The van der Waals surface area contributed by atoms with E-state index in [2.05, 4.69) is 31.1 Å². The van der Waals surface area contributed by atoms with E-state index < -0.39 is 12.0 Å². The molecule has 37 heavy (non-hydrogen) atoms. The number of carbonyl (C=O) groups excluding carboxylic acids is 3. The molecule has 1 N–H and O–H groups in total. The van der Waals surface area contributed by atoms with E-state index >= 15 is 0 Å². The van der Waals surface area contributed by atoms with Crippen molar-refractivity contribution >= 4 is 23.6 Å². The van der Waals surface area contributed by atoms with Crippen LogP contribution >= 0.6 is 0 Å². The summed E-state index contributed by atoms with van der Waals surface area (Å²) in [5.74, 6) is -0.462. The normalized spacial score (nSPS) is 13.9. The van der Waals surface area contributed by atoms with Crippen molar-refractivity contribution in [2.75, 3.05) is 12.4 Å². The molecule has 2 aromatic carbocycles. The largest absolute Gasteiger partial charge is 0.467 e. The second-order valence-corrected chi connectivity index (χ2v) is 10.7. The first-order valence-corrected chi connectivity index (χ1v) is 12.4. The van der Waals surface area contributed by atoms with Crippen LogP contribution in [0, 0.1) is 5.92 Å². The highest BCUT2D eigenvalue weighted by molar-refractivity contribution is 6.04. The summed E-state index contributed by atoms with van der Waals surface area (Å²) in [4.78, 5) is 44.2. The van der Waals surface area contributed by atoms with Crippen LogP contribution in [0.5, 0.6) is 0 Å². The van der Waals surface area contributed by atoms with Gasteiger partial charge in [0.2, 0.25) is 0 Å². The van der Waals surface area contributed by atoms with Gasteiger partial charge in [0.15, 0.2) is 0 Å². The van der Waals surface area contributed by atoms with Crippen molar-refractivity contribution in [1.29, 1.82) is 0 Å². The Bertz CT molecular complexity index is 1320. The van der Waals surface area contributed by atoms with E-state index in [0.717, 1.165) is 22.3 Å². The first-order chi connectivity index (χ1) is 17.5. The molecule has 1 aliphatic rings. The lowest BCUT2D eigenvalue weighted by atomic mass is 9.87. The number of fused-ring (bicyclic) bond motifs is 1. The Labute approximate surface area is 217 Å². The molecule has 0 saturated carbocycles. The number of rotatable bonds is 6. The van der Waals surface area contributed by atoms with Crippen molar-refractivity contribution in [2.24, 2.45) is 5.92 Å². The van der Waals surface area contributed by atoms with Crippen LogP contribution in [0.3, 0.4) is 0 Å². The molecule has 0 unspecified atom stereocenters. The zero-order valence-electron chi connectivity index (χ0n) is 22.2. The highest BCUT2D eigenvalue weighted by Gasteiger charge is 2.38. The first-order valence-electron chi connectivity index (χ1n) is 12.4. The van der Waals surface area contributed by atoms with Gasteiger partial charge in [0.05, 0.1) is 7.11 Å². The summed E-state index contributed by atoms with van der Waals surface area (Å²) in [6, 6.07) is 16.2. The molecule has 1 aliphatic heterocycles. The molecule has 192 valence electrons. The second kappa shape index (κ2) is 10.2. The molecule has 0 radical (unpaired) electrons. The molecule has 2 amide bonds. The molecule has 0 fully saturated rings. The number of hydrogen-bond donors (Lipinski definition) is 1. The smallest absolute Gasteiger partial charge is 0.328 e. The molecule has 1 atom stereocenters. The molecule has 0 aliphatic carbocycles. The van der Waals surface area contributed by atoms with Crippen LogP contribution in [0.2, 0.25) is 0 Å². The number of carbonyl (C=O) groups is 3. The summed E-state index contributed by atoms with van der Waals surface area (Å²) in [7, 11) is 1.34. The van der Waals surface area contributed by atoms with Gasteiger partial charge in [-0.25, -0.2) is 9.78 Å². The van der Waals surface area contributed by atoms with Gasteiger partial charge in [-0.15, -0.1) is 0 Å². The van der Waals surface area contributed by atoms with Gasteiger partial charge in [-0.05, 0) is 58.4 Å². The van der Waals surface area contributed by atoms with Gasteiger partial charge in [0, 0.05) is 29.4 Å². The number of nitrogens with one attached hydrogen (secondary N) is 1. The lowest BCUT2D eigenvalue weighted by Gasteiger charge is -2.28. The van der Waals surface area contributed by atoms with Crippen molar-refractivity contribution in [3.05, 3.63) is 83.0 Å². The number of methoxy groups -OCH3 is 1. The minimum absolute atomic E-state index is 0.0182. The SMILES string of the molecule is COC(=O)[C@H](C(C)C)N1Cc2ccc(-c3ccc(NC(=O)c4ccc(C(C)(C)C)cc4)nc3)cc2C1=O. The Morgan fingerprint density at radius 3 is 2.24 bits per heavy atom. The number of esters is 1. The molecule has 0 bridgehead atoms. The van der Waals surface area contributed by atoms with E-state index in [9.17, 15) is 14.4 Å². The predicted octanol–water partition coefficient (Wildman–Crippen LogP) is 5.45. The molecular formula is C30H33N3O4. The van der Waals surface area contributed by atoms with E-state index in [-0.39, 0.29) is 23.1 Å². The Hall–Kier alpha value is -4.00. The Kier molecular flexibility index (Phi) is 7.16. The van der Waals surface area contributed by atoms with E-state index in [1.165, 1.54) is 7.11 Å². The molecule has 7 nitrogen and oxygen atoms in total. The molecular weight excluding hydrogens is 466 g/mol. The number of amides is 2. The van der Waals surface area contributed by atoms with Gasteiger partial charge in [0.1, 0.15) is 11.9 Å². The number of benzene rings is 2. The van der Waals surface area contributed by atoms with Crippen LogP contribution in [0.1, 0.15) is 66.5 Å². The maximum atomic E-state index is 13.2. The Balaban J connectivity index is 1.48. The van der Waals surface area contributed by atoms with E-state index in [1.54, 1.807) is 17.2 Å². The molecule has 3 aromatic rings. The molecule has 1 aromatic heterocycles. The molecule has 0 saturated heterocycles. The van der Waals surface area contributed by atoms with Crippen molar-refractivity contribution in [3.8, 4) is 11.1 Å². The fourth-order valence-electron chi connectivity index (χ4n) is 4.56. The van der Waals surface area contributed by atoms with Gasteiger partial charge < -0.3 is 15.0 Å². The van der Waals surface area contributed by atoms with Crippen molar-refractivity contribution in [2.45, 2.75) is 52.6 Å². The Morgan fingerprint density at radius 1 is 1.00 bits per heavy atom. The minimum Gasteiger partial charge on any atom is -0.467 e. The van der Waals surface area contributed by atoms with Crippen molar-refractivity contribution in [1.82, 2.24) is 9.88 Å². The van der Waals surface area contributed by atoms with E-state index in [0.29, 0.717) is 23.5 Å². The molecule has 0 spiro atoms. The number of pyridine rings is 1. The number of aromatic nitrogens is 1. The van der Waals surface area contributed by atoms with E-state index in [4.69, 9.17) is 4.74 Å². The zero-order chi connectivity index (χ0) is 26.9. The van der Waals surface area contributed by atoms with E-state index in [1.807, 2.05) is 62.4 Å². The molecule has 7 heteroatoms. The third kappa shape index (κ3) is 5.40. The third-order valence-corrected chi connectivity index (χ3v) is 6.70.